The van der Waals surface area contributed by atoms with Gasteiger partial charge in [0.25, 0.3) is 0 Å². The van der Waals surface area contributed by atoms with Crippen molar-refractivity contribution in [1.29, 1.82) is 0 Å². The van der Waals surface area contributed by atoms with Crippen LogP contribution < -0.4 is 9.64 Å². The predicted octanol–water partition coefficient (Wildman–Crippen LogP) is 3.61. The highest BCUT2D eigenvalue weighted by Gasteiger charge is 2.19. The van der Waals surface area contributed by atoms with Crippen LogP contribution in [0.4, 0.5) is 11.4 Å². The van der Waals surface area contributed by atoms with Crippen LogP contribution >= 0.6 is 0 Å². The van der Waals surface area contributed by atoms with Crippen molar-refractivity contribution >= 4 is 17.6 Å². The Morgan fingerprint density at radius 2 is 1.95 bits per heavy atom. The number of fused-ring (bicyclic) bond motifs is 1. The van der Waals surface area contributed by atoms with Crippen molar-refractivity contribution in [3.8, 4) is 5.75 Å². The normalized spacial score (nSPS) is 13.2. The van der Waals surface area contributed by atoms with E-state index in [2.05, 4.69) is 28.1 Å². The summed E-state index contributed by atoms with van der Waals surface area (Å²) in [7, 11) is 0. The van der Waals surface area contributed by atoms with Gasteiger partial charge in [0.15, 0.2) is 0 Å². The first-order chi connectivity index (χ1) is 9.40. The quantitative estimate of drug-likeness (QED) is 0.833. The molecule has 0 fully saturated rings. The molecule has 0 atom stereocenters. The minimum absolute atomic E-state index is 0.626. The standard InChI is InChI=1S/C16H16N2O/c1-2-19-15-10-6-7-13-11-17-12-18(16(13)15)14-8-4-3-5-9-14/h3-11H,2,12H2,1H3. The molecule has 0 N–H and O–H groups in total. The molecule has 0 saturated heterocycles. The lowest BCUT2D eigenvalue weighted by Crippen LogP contribution is -2.22. The topological polar surface area (TPSA) is 24.8 Å². The third-order valence-electron chi connectivity index (χ3n) is 3.12. The van der Waals surface area contributed by atoms with Gasteiger partial charge in [0.1, 0.15) is 12.4 Å². The first kappa shape index (κ1) is 11.8. The van der Waals surface area contributed by atoms with Crippen molar-refractivity contribution in [2.45, 2.75) is 6.92 Å². The molecule has 0 spiro atoms. The zero-order valence-electron chi connectivity index (χ0n) is 10.9. The molecule has 3 nitrogen and oxygen atoms in total. The van der Waals surface area contributed by atoms with Crippen molar-refractivity contribution in [2.75, 3.05) is 18.2 Å². The Morgan fingerprint density at radius 1 is 1.11 bits per heavy atom. The summed E-state index contributed by atoms with van der Waals surface area (Å²) in [5.74, 6) is 0.912. The van der Waals surface area contributed by atoms with Gasteiger partial charge in [0, 0.05) is 17.5 Å². The van der Waals surface area contributed by atoms with Gasteiger partial charge < -0.3 is 9.64 Å². The van der Waals surface area contributed by atoms with Gasteiger partial charge in [0.2, 0.25) is 0 Å². The van der Waals surface area contributed by atoms with E-state index in [4.69, 9.17) is 4.74 Å². The summed E-state index contributed by atoms with van der Waals surface area (Å²) in [5.41, 5.74) is 3.33. The van der Waals surface area contributed by atoms with Crippen LogP contribution in [0.5, 0.6) is 5.75 Å². The van der Waals surface area contributed by atoms with Gasteiger partial charge in [-0.15, -0.1) is 0 Å². The Morgan fingerprint density at radius 3 is 2.74 bits per heavy atom. The van der Waals surface area contributed by atoms with Crippen molar-refractivity contribution in [3.05, 3.63) is 54.1 Å². The summed E-state index contributed by atoms with van der Waals surface area (Å²) in [4.78, 5) is 6.60. The molecule has 3 rings (SSSR count). The lowest BCUT2D eigenvalue weighted by molar-refractivity contribution is 0.341. The third kappa shape index (κ3) is 2.19. The Bertz CT molecular complexity index is 593. The van der Waals surface area contributed by atoms with Crippen LogP contribution in [0.3, 0.4) is 0 Å². The monoisotopic (exact) mass is 252 g/mol. The average Bonchev–Trinajstić information content (AvgIpc) is 2.48. The van der Waals surface area contributed by atoms with Crippen LogP contribution in [-0.4, -0.2) is 19.5 Å². The van der Waals surface area contributed by atoms with Crippen LogP contribution in [0, 0.1) is 0 Å². The van der Waals surface area contributed by atoms with E-state index < -0.39 is 0 Å². The molecule has 2 aromatic rings. The number of rotatable bonds is 3. The largest absolute Gasteiger partial charge is 0.492 e. The molecule has 96 valence electrons. The van der Waals surface area contributed by atoms with Crippen molar-refractivity contribution in [1.82, 2.24) is 0 Å². The SMILES string of the molecule is CCOc1cccc2c1N(c1ccccc1)CN=C2. The van der Waals surface area contributed by atoms with E-state index in [0.717, 1.165) is 22.7 Å². The maximum Gasteiger partial charge on any atom is 0.143 e. The maximum absolute atomic E-state index is 5.75. The molecule has 0 unspecified atom stereocenters. The Kier molecular flexibility index (Phi) is 3.19. The van der Waals surface area contributed by atoms with Gasteiger partial charge >= 0.3 is 0 Å². The van der Waals surface area contributed by atoms with Crippen LogP contribution in [0.2, 0.25) is 0 Å². The number of ether oxygens (including phenoxy) is 1. The number of anilines is 2. The van der Waals surface area contributed by atoms with Crippen molar-refractivity contribution in [2.24, 2.45) is 4.99 Å². The molecular formula is C16H16N2O. The highest BCUT2D eigenvalue weighted by atomic mass is 16.5. The molecule has 2 aromatic carbocycles. The molecular weight excluding hydrogens is 236 g/mol. The van der Waals surface area contributed by atoms with E-state index in [-0.39, 0.29) is 0 Å². The van der Waals surface area contributed by atoms with Crippen LogP contribution in [-0.2, 0) is 0 Å². The highest BCUT2D eigenvalue weighted by molar-refractivity contribution is 5.94. The summed E-state index contributed by atoms with van der Waals surface area (Å²) in [6.07, 6.45) is 1.91. The summed E-state index contributed by atoms with van der Waals surface area (Å²) in [6.45, 7) is 3.29. The summed E-state index contributed by atoms with van der Waals surface area (Å²) >= 11 is 0. The summed E-state index contributed by atoms with van der Waals surface area (Å²) in [5, 5.41) is 0. The van der Waals surface area contributed by atoms with Crippen LogP contribution in [0.15, 0.2) is 53.5 Å². The molecule has 1 aliphatic heterocycles. The van der Waals surface area contributed by atoms with E-state index in [9.17, 15) is 0 Å². The maximum atomic E-state index is 5.75. The zero-order valence-corrected chi connectivity index (χ0v) is 10.9. The van der Waals surface area contributed by atoms with E-state index in [1.165, 1.54) is 0 Å². The number of nitrogens with zero attached hydrogens (tertiary/aromatic N) is 2. The molecule has 0 aliphatic carbocycles. The fourth-order valence-corrected chi connectivity index (χ4v) is 2.31. The fourth-order valence-electron chi connectivity index (χ4n) is 2.31. The minimum Gasteiger partial charge on any atom is -0.492 e. The molecule has 0 amide bonds. The Labute approximate surface area is 113 Å². The number of hydrogen-bond acceptors (Lipinski definition) is 3. The van der Waals surface area contributed by atoms with Crippen molar-refractivity contribution < 1.29 is 4.74 Å². The van der Waals surface area contributed by atoms with Gasteiger partial charge in [-0.2, -0.15) is 0 Å². The zero-order chi connectivity index (χ0) is 13.1. The highest BCUT2D eigenvalue weighted by Crippen LogP contribution is 2.37. The van der Waals surface area contributed by atoms with E-state index in [1.807, 2.05) is 43.5 Å². The molecule has 0 aromatic heterocycles. The van der Waals surface area contributed by atoms with E-state index in [0.29, 0.717) is 13.3 Å². The summed E-state index contributed by atoms with van der Waals surface area (Å²) < 4.78 is 5.75. The molecule has 0 bridgehead atoms. The first-order valence-electron chi connectivity index (χ1n) is 6.48. The van der Waals surface area contributed by atoms with Gasteiger partial charge in [0.05, 0.1) is 12.3 Å². The smallest absolute Gasteiger partial charge is 0.143 e. The minimum atomic E-state index is 0.626. The Hall–Kier alpha value is -2.29. The number of hydrogen-bond donors (Lipinski definition) is 0. The molecule has 0 radical (unpaired) electrons. The number of benzene rings is 2. The van der Waals surface area contributed by atoms with Gasteiger partial charge in [-0.1, -0.05) is 30.3 Å². The lowest BCUT2D eigenvalue weighted by atomic mass is 10.1. The fraction of sp³-hybridized carbons (Fsp3) is 0.188. The lowest BCUT2D eigenvalue weighted by Gasteiger charge is -2.29. The number of para-hydroxylation sites is 2. The second kappa shape index (κ2) is 5.14. The first-order valence-corrected chi connectivity index (χ1v) is 6.48. The second-order valence-corrected chi connectivity index (χ2v) is 4.34. The van der Waals surface area contributed by atoms with Gasteiger partial charge in [-0.3, -0.25) is 4.99 Å². The molecule has 19 heavy (non-hydrogen) atoms. The Balaban J connectivity index is 2.10. The number of aliphatic imine (C=N–C) groups is 1. The predicted molar refractivity (Wildman–Crippen MR) is 78.7 cm³/mol. The molecule has 1 heterocycles. The second-order valence-electron chi connectivity index (χ2n) is 4.34. The van der Waals surface area contributed by atoms with Crippen LogP contribution in [0.25, 0.3) is 0 Å². The van der Waals surface area contributed by atoms with Crippen LogP contribution in [0.1, 0.15) is 12.5 Å². The average molecular weight is 252 g/mol. The van der Waals surface area contributed by atoms with E-state index in [1.54, 1.807) is 0 Å². The molecule has 1 aliphatic rings. The summed E-state index contributed by atoms with van der Waals surface area (Å²) in [6, 6.07) is 16.4. The molecule has 3 heteroatoms. The third-order valence-corrected chi connectivity index (χ3v) is 3.12. The van der Waals surface area contributed by atoms with E-state index >= 15 is 0 Å². The van der Waals surface area contributed by atoms with Gasteiger partial charge in [-0.25, -0.2) is 0 Å². The molecule has 0 saturated carbocycles. The van der Waals surface area contributed by atoms with Crippen molar-refractivity contribution in [3.63, 3.8) is 0 Å². The van der Waals surface area contributed by atoms with Gasteiger partial charge in [-0.05, 0) is 25.1 Å².